The molecule has 0 unspecified atom stereocenters. The van der Waals surface area contributed by atoms with Gasteiger partial charge in [0.15, 0.2) is 5.13 Å². The number of rotatable bonds is 9. The molecule has 3 rings (SSSR count). The molecular weight excluding hydrogens is 441 g/mol. The number of anilines is 1. The van der Waals surface area contributed by atoms with Crippen LogP contribution in [0, 0.1) is 12.7 Å². The number of amides is 1. The Hall–Kier alpha value is -1.67. The minimum Gasteiger partial charge on any atom is -0.302 e. The lowest BCUT2D eigenvalue weighted by molar-refractivity contribution is -0.116. The zero-order valence-electron chi connectivity index (χ0n) is 17.4. The molecule has 0 N–H and O–H groups in total. The van der Waals surface area contributed by atoms with E-state index >= 15 is 0 Å². The second kappa shape index (κ2) is 11.6. The summed E-state index contributed by atoms with van der Waals surface area (Å²) in [7, 11) is 0. The Morgan fingerprint density at radius 2 is 1.80 bits per heavy atom. The van der Waals surface area contributed by atoms with Crippen molar-refractivity contribution in [2.75, 3.05) is 36.8 Å². The normalized spacial score (nSPS) is 11.0. The smallest absolute Gasteiger partial charge is 0.239 e. The molecule has 0 saturated heterocycles. The van der Waals surface area contributed by atoms with Gasteiger partial charge >= 0.3 is 0 Å². The molecule has 162 valence electrons. The van der Waals surface area contributed by atoms with E-state index in [-0.39, 0.29) is 24.1 Å². The average molecular weight is 468 g/mol. The van der Waals surface area contributed by atoms with E-state index in [4.69, 9.17) is 4.98 Å². The van der Waals surface area contributed by atoms with Crippen LogP contribution in [-0.2, 0) is 4.79 Å². The minimum atomic E-state index is -0.272. The number of nitrogens with zero attached hydrogens (tertiary/aromatic N) is 3. The van der Waals surface area contributed by atoms with Gasteiger partial charge in [0.25, 0.3) is 0 Å². The van der Waals surface area contributed by atoms with Crippen molar-refractivity contribution in [3.05, 3.63) is 53.8 Å². The molecule has 1 aromatic heterocycles. The Bertz CT molecular complexity index is 961. The van der Waals surface area contributed by atoms with Gasteiger partial charge in [-0.2, -0.15) is 0 Å². The van der Waals surface area contributed by atoms with Gasteiger partial charge in [-0.1, -0.05) is 37.3 Å². The third-order valence-electron chi connectivity index (χ3n) is 4.85. The molecule has 0 radical (unpaired) electrons. The average Bonchev–Trinajstić information content (AvgIpc) is 3.16. The fourth-order valence-electron chi connectivity index (χ4n) is 3.05. The maximum atomic E-state index is 13.1. The standard InChI is InChI=1S/C22H26FN3OS2.ClH/c1-4-25(5-2)13-14-26(20(27)15-28-18-11-9-17(23)10-12-18)22-24-21-16(3)7-6-8-19(21)29-22;/h6-12H,4-5,13-15H2,1-3H3;1H. The van der Waals surface area contributed by atoms with Gasteiger partial charge in [-0.25, -0.2) is 9.37 Å². The van der Waals surface area contributed by atoms with Crippen LogP contribution in [0.2, 0.25) is 0 Å². The van der Waals surface area contributed by atoms with Crippen molar-refractivity contribution in [2.45, 2.75) is 25.7 Å². The lowest BCUT2D eigenvalue weighted by Crippen LogP contribution is -2.39. The van der Waals surface area contributed by atoms with Crippen molar-refractivity contribution in [3.63, 3.8) is 0 Å². The van der Waals surface area contributed by atoms with Gasteiger partial charge < -0.3 is 4.90 Å². The summed E-state index contributed by atoms with van der Waals surface area (Å²) in [4.78, 5) is 22.9. The topological polar surface area (TPSA) is 36.4 Å². The number of hydrogen-bond donors (Lipinski definition) is 0. The number of para-hydroxylation sites is 1. The Morgan fingerprint density at radius 3 is 2.43 bits per heavy atom. The fourth-order valence-corrected chi connectivity index (χ4v) is 4.91. The second-order valence-electron chi connectivity index (χ2n) is 6.73. The summed E-state index contributed by atoms with van der Waals surface area (Å²) in [6, 6.07) is 12.3. The molecule has 2 aromatic carbocycles. The number of hydrogen-bond acceptors (Lipinski definition) is 5. The molecule has 0 spiro atoms. The van der Waals surface area contributed by atoms with Crippen LogP contribution in [0.15, 0.2) is 47.4 Å². The quantitative estimate of drug-likeness (QED) is 0.382. The van der Waals surface area contributed by atoms with E-state index in [1.165, 1.54) is 23.9 Å². The van der Waals surface area contributed by atoms with Crippen LogP contribution in [-0.4, -0.2) is 47.7 Å². The van der Waals surface area contributed by atoms with E-state index in [9.17, 15) is 9.18 Å². The number of halogens is 2. The third kappa shape index (κ3) is 6.17. The van der Waals surface area contributed by atoms with E-state index in [1.54, 1.807) is 28.4 Å². The summed E-state index contributed by atoms with van der Waals surface area (Å²) >= 11 is 2.98. The zero-order valence-corrected chi connectivity index (χ0v) is 19.9. The predicted octanol–water partition coefficient (Wildman–Crippen LogP) is 5.63. The highest BCUT2D eigenvalue weighted by atomic mass is 35.5. The number of fused-ring (bicyclic) bond motifs is 1. The van der Waals surface area contributed by atoms with E-state index in [1.807, 2.05) is 25.1 Å². The van der Waals surface area contributed by atoms with Gasteiger partial charge in [0, 0.05) is 18.0 Å². The Labute approximate surface area is 191 Å². The molecule has 0 aliphatic heterocycles. The van der Waals surface area contributed by atoms with Crippen molar-refractivity contribution >= 4 is 56.8 Å². The van der Waals surface area contributed by atoms with Crippen LogP contribution in [0.1, 0.15) is 19.4 Å². The number of thiazole rings is 1. The number of carbonyl (C=O) groups is 1. The first-order valence-electron chi connectivity index (χ1n) is 9.79. The monoisotopic (exact) mass is 467 g/mol. The summed E-state index contributed by atoms with van der Waals surface area (Å²) < 4.78 is 14.2. The molecule has 0 aliphatic rings. The van der Waals surface area contributed by atoms with Gasteiger partial charge in [-0.05, 0) is 55.9 Å². The first kappa shape index (κ1) is 24.6. The molecule has 30 heavy (non-hydrogen) atoms. The molecule has 8 heteroatoms. The van der Waals surface area contributed by atoms with Crippen molar-refractivity contribution < 1.29 is 9.18 Å². The lowest BCUT2D eigenvalue weighted by atomic mass is 10.2. The highest BCUT2D eigenvalue weighted by molar-refractivity contribution is 8.00. The zero-order chi connectivity index (χ0) is 20.8. The number of benzene rings is 2. The molecule has 4 nitrogen and oxygen atoms in total. The van der Waals surface area contributed by atoms with Crippen LogP contribution in [0.5, 0.6) is 0 Å². The van der Waals surface area contributed by atoms with E-state index in [0.717, 1.165) is 45.4 Å². The molecule has 0 atom stereocenters. The first-order valence-corrected chi connectivity index (χ1v) is 11.6. The molecular formula is C22H27ClFN3OS2. The van der Waals surface area contributed by atoms with Crippen LogP contribution in [0.25, 0.3) is 10.2 Å². The van der Waals surface area contributed by atoms with Crippen LogP contribution in [0.4, 0.5) is 9.52 Å². The Kier molecular flexibility index (Phi) is 9.55. The van der Waals surface area contributed by atoms with Gasteiger partial charge in [0.1, 0.15) is 5.82 Å². The summed E-state index contributed by atoms with van der Waals surface area (Å²) in [5.41, 5.74) is 2.07. The second-order valence-corrected chi connectivity index (χ2v) is 8.79. The lowest BCUT2D eigenvalue weighted by Gasteiger charge is -2.24. The van der Waals surface area contributed by atoms with Gasteiger partial charge in [-0.15, -0.1) is 24.2 Å². The maximum absolute atomic E-state index is 13.1. The van der Waals surface area contributed by atoms with E-state index in [2.05, 4.69) is 18.7 Å². The molecule has 1 amide bonds. The van der Waals surface area contributed by atoms with E-state index in [0.29, 0.717) is 12.3 Å². The molecule has 0 bridgehead atoms. The van der Waals surface area contributed by atoms with Crippen LogP contribution < -0.4 is 4.90 Å². The number of aromatic nitrogens is 1. The number of thioether (sulfide) groups is 1. The van der Waals surface area contributed by atoms with E-state index < -0.39 is 0 Å². The molecule has 3 aromatic rings. The van der Waals surface area contributed by atoms with Crippen LogP contribution >= 0.6 is 35.5 Å². The van der Waals surface area contributed by atoms with Gasteiger partial charge in [0.2, 0.25) is 5.91 Å². The predicted molar refractivity (Wildman–Crippen MR) is 129 cm³/mol. The summed E-state index contributed by atoms with van der Waals surface area (Å²) in [5.74, 6) is 0.0354. The third-order valence-corrected chi connectivity index (χ3v) is 6.89. The fraction of sp³-hybridized carbons (Fsp3) is 0.364. The minimum absolute atomic E-state index is 0. The highest BCUT2D eigenvalue weighted by Crippen LogP contribution is 2.31. The van der Waals surface area contributed by atoms with Crippen molar-refractivity contribution in [3.8, 4) is 0 Å². The summed E-state index contributed by atoms with van der Waals surface area (Å²) in [6.45, 7) is 9.59. The van der Waals surface area contributed by atoms with Gasteiger partial charge in [0.05, 0.1) is 16.0 Å². The SMILES string of the molecule is CCN(CC)CCN(C(=O)CSc1ccc(F)cc1)c1nc2c(C)cccc2s1.Cl. The molecule has 0 saturated carbocycles. The number of carbonyl (C=O) groups excluding carboxylic acids is 1. The van der Waals surface area contributed by atoms with Crippen molar-refractivity contribution in [2.24, 2.45) is 0 Å². The van der Waals surface area contributed by atoms with Gasteiger partial charge in [-0.3, -0.25) is 9.69 Å². The summed E-state index contributed by atoms with van der Waals surface area (Å²) in [5, 5.41) is 0.742. The number of likely N-dealkylation sites (N-methyl/N-ethyl adjacent to an activating group) is 1. The Morgan fingerprint density at radius 1 is 1.10 bits per heavy atom. The molecule has 0 fully saturated rings. The molecule has 0 aliphatic carbocycles. The van der Waals surface area contributed by atoms with Crippen molar-refractivity contribution in [1.29, 1.82) is 0 Å². The number of aryl methyl sites for hydroxylation is 1. The largest absolute Gasteiger partial charge is 0.302 e. The summed E-state index contributed by atoms with van der Waals surface area (Å²) in [6.07, 6.45) is 0. The first-order chi connectivity index (χ1) is 14.0. The van der Waals surface area contributed by atoms with Crippen LogP contribution in [0.3, 0.4) is 0 Å². The Balaban J connectivity index is 0.00000320. The molecule has 1 heterocycles. The highest BCUT2D eigenvalue weighted by Gasteiger charge is 2.21. The van der Waals surface area contributed by atoms with Crippen molar-refractivity contribution in [1.82, 2.24) is 9.88 Å². The maximum Gasteiger partial charge on any atom is 0.239 e.